The van der Waals surface area contributed by atoms with E-state index in [0.29, 0.717) is 13.0 Å². The average molecular weight is 242 g/mol. The molecule has 0 aliphatic heterocycles. The number of carbonyl (C=O) groups excluding carboxylic acids is 2. The molecule has 0 fully saturated rings. The van der Waals surface area contributed by atoms with Gasteiger partial charge in [0.05, 0.1) is 6.61 Å². The van der Waals surface area contributed by atoms with Gasteiger partial charge in [-0.25, -0.2) is 4.79 Å². The number of allylic oxidation sites excluding steroid dienone is 1. The fourth-order valence-corrected chi connectivity index (χ4v) is 1.01. The van der Waals surface area contributed by atoms with Crippen LogP contribution >= 0.6 is 0 Å². The maximum Gasteiger partial charge on any atom is 0.350 e. The number of esters is 2. The Morgan fingerprint density at radius 1 is 1.35 bits per heavy atom. The SMILES string of the molecule is C=CCCC(=O)OC(C)(C)C(=O)OCC(C)C. The highest BCUT2D eigenvalue weighted by molar-refractivity contribution is 5.82. The Kier molecular flexibility index (Phi) is 6.54. The zero-order chi connectivity index (χ0) is 13.5. The number of carbonyl (C=O) groups is 2. The molecule has 0 aliphatic rings. The van der Waals surface area contributed by atoms with Gasteiger partial charge in [0, 0.05) is 6.42 Å². The van der Waals surface area contributed by atoms with Crippen LogP contribution in [0.1, 0.15) is 40.5 Å². The van der Waals surface area contributed by atoms with Gasteiger partial charge in [0.25, 0.3) is 0 Å². The monoisotopic (exact) mass is 242 g/mol. The largest absolute Gasteiger partial charge is 0.462 e. The van der Waals surface area contributed by atoms with Gasteiger partial charge < -0.3 is 9.47 Å². The molecule has 0 bridgehead atoms. The number of hydrogen-bond acceptors (Lipinski definition) is 4. The van der Waals surface area contributed by atoms with Crippen molar-refractivity contribution in [1.82, 2.24) is 0 Å². The second-order valence-corrected chi connectivity index (χ2v) is 4.80. The standard InChI is InChI=1S/C13H22O4/c1-6-7-8-11(14)17-13(4,5)12(15)16-9-10(2)3/h6,10H,1,7-9H2,2-5H3. The van der Waals surface area contributed by atoms with E-state index in [2.05, 4.69) is 6.58 Å². The van der Waals surface area contributed by atoms with E-state index >= 15 is 0 Å². The van der Waals surface area contributed by atoms with Gasteiger partial charge in [0.1, 0.15) is 0 Å². The van der Waals surface area contributed by atoms with Crippen molar-refractivity contribution < 1.29 is 19.1 Å². The first kappa shape index (κ1) is 15.7. The Hall–Kier alpha value is -1.32. The topological polar surface area (TPSA) is 52.6 Å². The van der Waals surface area contributed by atoms with Crippen molar-refractivity contribution in [2.45, 2.75) is 46.1 Å². The van der Waals surface area contributed by atoms with Crippen LogP contribution < -0.4 is 0 Å². The fourth-order valence-electron chi connectivity index (χ4n) is 1.01. The van der Waals surface area contributed by atoms with Gasteiger partial charge in [-0.3, -0.25) is 4.79 Å². The third-order valence-electron chi connectivity index (χ3n) is 1.96. The molecular weight excluding hydrogens is 220 g/mol. The zero-order valence-electron chi connectivity index (χ0n) is 11.1. The first-order valence-corrected chi connectivity index (χ1v) is 5.79. The van der Waals surface area contributed by atoms with E-state index in [1.807, 2.05) is 13.8 Å². The lowest BCUT2D eigenvalue weighted by Crippen LogP contribution is -2.39. The van der Waals surface area contributed by atoms with E-state index in [4.69, 9.17) is 9.47 Å². The van der Waals surface area contributed by atoms with Gasteiger partial charge in [-0.2, -0.15) is 0 Å². The summed E-state index contributed by atoms with van der Waals surface area (Å²) in [6.45, 7) is 10.8. The summed E-state index contributed by atoms with van der Waals surface area (Å²) in [5.41, 5.74) is -1.23. The van der Waals surface area contributed by atoms with Crippen molar-refractivity contribution in [3.63, 3.8) is 0 Å². The third-order valence-corrected chi connectivity index (χ3v) is 1.96. The molecule has 0 N–H and O–H groups in total. The molecule has 4 heteroatoms. The first-order chi connectivity index (χ1) is 7.79. The molecule has 0 saturated carbocycles. The van der Waals surface area contributed by atoms with Crippen LogP contribution in [0, 0.1) is 5.92 Å². The normalized spacial score (nSPS) is 11.1. The van der Waals surface area contributed by atoms with Crippen LogP contribution in [0.25, 0.3) is 0 Å². The van der Waals surface area contributed by atoms with E-state index in [9.17, 15) is 9.59 Å². The summed E-state index contributed by atoms with van der Waals surface area (Å²) in [6.07, 6.45) is 2.39. The molecule has 0 saturated heterocycles. The molecule has 0 aromatic heterocycles. The quantitative estimate of drug-likeness (QED) is 0.508. The van der Waals surface area contributed by atoms with E-state index in [0.717, 1.165) is 0 Å². The Balaban J connectivity index is 4.20. The van der Waals surface area contributed by atoms with Crippen molar-refractivity contribution in [3.05, 3.63) is 12.7 Å². The Bertz CT molecular complexity index is 279. The molecule has 0 amide bonds. The molecule has 0 spiro atoms. The third kappa shape index (κ3) is 6.76. The smallest absolute Gasteiger partial charge is 0.350 e. The predicted octanol–water partition coefficient (Wildman–Crippen LogP) is 2.47. The van der Waals surface area contributed by atoms with E-state index < -0.39 is 17.5 Å². The van der Waals surface area contributed by atoms with Crippen LogP contribution in [0.4, 0.5) is 0 Å². The van der Waals surface area contributed by atoms with Crippen molar-refractivity contribution in [2.75, 3.05) is 6.61 Å². The lowest BCUT2D eigenvalue weighted by molar-refractivity contribution is -0.179. The summed E-state index contributed by atoms with van der Waals surface area (Å²) < 4.78 is 10.1. The molecule has 0 atom stereocenters. The van der Waals surface area contributed by atoms with Crippen LogP contribution in [-0.4, -0.2) is 24.1 Å². The predicted molar refractivity (Wildman–Crippen MR) is 65.4 cm³/mol. The van der Waals surface area contributed by atoms with Crippen molar-refractivity contribution in [1.29, 1.82) is 0 Å². The van der Waals surface area contributed by atoms with Crippen LogP contribution in [0.15, 0.2) is 12.7 Å². The molecule has 0 heterocycles. The molecule has 4 nitrogen and oxygen atoms in total. The first-order valence-electron chi connectivity index (χ1n) is 5.79. The minimum absolute atomic E-state index is 0.227. The maximum atomic E-state index is 11.7. The summed E-state index contributed by atoms with van der Waals surface area (Å²) >= 11 is 0. The average Bonchev–Trinajstić information content (AvgIpc) is 2.22. The summed E-state index contributed by atoms with van der Waals surface area (Å²) in [6, 6.07) is 0. The van der Waals surface area contributed by atoms with Gasteiger partial charge >= 0.3 is 11.9 Å². The molecule has 0 aliphatic carbocycles. The van der Waals surface area contributed by atoms with Gasteiger partial charge in [-0.05, 0) is 26.2 Å². The molecule has 0 aromatic rings. The summed E-state index contributed by atoms with van der Waals surface area (Å²) in [5, 5.41) is 0. The molecular formula is C13H22O4. The second kappa shape index (κ2) is 7.09. The number of hydrogen-bond donors (Lipinski definition) is 0. The van der Waals surface area contributed by atoms with Crippen molar-refractivity contribution in [2.24, 2.45) is 5.92 Å². The minimum Gasteiger partial charge on any atom is -0.462 e. The van der Waals surface area contributed by atoms with Gasteiger partial charge in [0.15, 0.2) is 0 Å². The highest BCUT2D eigenvalue weighted by atomic mass is 16.6. The van der Waals surface area contributed by atoms with Crippen LogP contribution in [0.5, 0.6) is 0 Å². The molecule has 0 rings (SSSR count). The van der Waals surface area contributed by atoms with E-state index in [1.165, 1.54) is 13.8 Å². The van der Waals surface area contributed by atoms with Crippen molar-refractivity contribution >= 4 is 11.9 Å². The van der Waals surface area contributed by atoms with Gasteiger partial charge in [-0.1, -0.05) is 19.9 Å². The number of rotatable bonds is 7. The molecule has 0 aromatic carbocycles. The second-order valence-electron chi connectivity index (χ2n) is 4.80. The van der Waals surface area contributed by atoms with Crippen LogP contribution in [0.3, 0.4) is 0 Å². The van der Waals surface area contributed by atoms with Crippen molar-refractivity contribution in [3.8, 4) is 0 Å². The fraction of sp³-hybridized carbons (Fsp3) is 0.692. The highest BCUT2D eigenvalue weighted by Gasteiger charge is 2.33. The Labute approximate surface area is 103 Å². The van der Waals surface area contributed by atoms with E-state index in [1.54, 1.807) is 6.08 Å². The maximum absolute atomic E-state index is 11.7. The lowest BCUT2D eigenvalue weighted by atomic mass is 10.1. The van der Waals surface area contributed by atoms with Crippen LogP contribution in [-0.2, 0) is 19.1 Å². The summed E-state index contributed by atoms with van der Waals surface area (Å²) in [7, 11) is 0. The number of ether oxygens (including phenoxy) is 2. The Morgan fingerprint density at radius 2 is 1.94 bits per heavy atom. The molecule has 17 heavy (non-hydrogen) atoms. The molecule has 0 radical (unpaired) electrons. The van der Waals surface area contributed by atoms with Gasteiger partial charge in [0.2, 0.25) is 5.60 Å². The minimum atomic E-state index is -1.23. The van der Waals surface area contributed by atoms with Gasteiger partial charge in [-0.15, -0.1) is 6.58 Å². The lowest BCUT2D eigenvalue weighted by Gasteiger charge is -2.23. The molecule has 98 valence electrons. The summed E-state index contributed by atoms with van der Waals surface area (Å²) in [4.78, 5) is 23.0. The molecule has 0 unspecified atom stereocenters. The van der Waals surface area contributed by atoms with E-state index in [-0.39, 0.29) is 12.3 Å². The zero-order valence-corrected chi connectivity index (χ0v) is 11.1. The highest BCUT2D eigenvalue weighted by Crippen LogP contribution is 2.14. The van der Waals surface area contributed by atoms with Crippen LogP contribution in [0.2, 0.25) is 0 Å². The Morgan fingerprint density at radius 3 is 2.41 bits per heavy atom. The summed E-state index contributed by atoms with van der Waals surface area (Å²) in [5.74, 6) is -0.680.